The molecule has 2 aromatic rings. The molecule has 0 spiro atoms. The van der Waals surface area contributed by atoms with Gasteiger partial charge in [-0.15, -0.1) is 0 Å². The van der Waals surface area contributed by atoms with Gasteiger partial charge in [-0.05, 0) is 25.3 Å². The number of amides is 2. The summed E-state index contributed by atoms with van der Waals surface area (Å²) in [6, 6.07) is 10.2. The number of hydrogen-bond donors (Lipinski definition) is 1. The van der Waals surface area contributed by atoms with Crippen LogP contribution in [-0.4, -0.2) is 46.8 Å². The molecule has 2 aliphatic rings. The van der Waals surface area contributed by atoms with Gasteiger partial charge >= 0.3 is 6.03 Å². The van der Waals surface area contributed by atoms with Gasteiger partial charge in [0.15, 0.2) is 11.9 Å². The fourth-order valence-corrected chi connectivity index (χ4v) is 3.60. The Labute approximate surface area is 146 Å². The Bertz CT molecular complexity index is 733. The number of nitrogens with one attached hydrogen (secondary N) is 1. The van der Waals surface area contributed by atoms with E-state index < -0.39 is 0 Å². The number of hydrogen-bond acceptors (Lipinski definition) is 5. The van der Waals surface area contributed by atoms with E-state index in [9.17, 15) is 4.79 Å². The molecule has 0 saturated carbocycles. The number of carbonyl (C=O) groups excluding carboxylic acids is 1. The molecule has 7 nitrogen and oxygen atoms in total. The average Bonchev–Trinajstić information content (AvgIpc) is 3.35. The van der Waals surface area contributed by atoms with Crippen LogP contribution in [0.4, 0.5) is 4.79 Å². The third-order valence-electron chi connectivity index (χ3n) is 4.93. The average molecular weight is 342 g/mol. The van der Waals surface area contributed by atoms with Crippen molar-refractivity contribution in [3.8, 4) is 0 Å². The second-order valence-corrected chi connectivity index (χ2v) is 6.66. The summed E-state index contributed by atoms with van der Waals surface area (Å²) >= 11 is 0. The molecular formula is C18H22N4O3. The van der Waals surface area contributed by atoms with E-state index in [-0.39, 0.29) is 18.2 Å². The van der Waals surface area contributed by atoms with E-state index in [4.69, 9.17) is 9.26 Å². The first-order valence-corrected chi connectivity index (χ1v) is 8.73. The second-order valence-electron chi connectivity index (χ2n) is 6.66. The number of aryl methyl sites for hydroxylation is 1. The highest BCUT2D eigenvalue weighted by Gasteiger charge is 2.37. The van der Waals surface area contributed by atoms with Crippen LogP contribution in [0.3, 0.4) is 0 Å². The summed E-state index contributed by atoms with van der Waals surface area (Å²) < 4.78 is 10.9. The van der Waals surface area contributed by atoms with E-state index in [1.165, 1.54) is 5.56 Å². The molecule has 1 unspecified atom stereocenters. The predicted molar refractivity (Wildman–Crippen MR) is 90.0 cm³/mol. The molecule has 132 valence electrons. The quantitative estimate of drug-likeness (QED) is 0.926. The monoisotopic (exact) mass is 342 g/mol. The van der Waals surface area contributed by atoms with E-state index in [0.29, 0.717) is 24.2 Å². The summed E-state index contributed by atoms with van der Waals surface area (Å²) in [5, 5.41) is 6.89. The van der Waals surface area contributed by atoms with Crippen LogP contribution in [0, 0.1) is 6.92 Å². The van der Waals surface area contributed by atoms with E-state index in [0.717, 1.165) is 25.9 Å². The number of nitrogens with zero attached hydrogens (tertiary/aromatic N) is 3. The Morgan fingerprint density at radius 3 is 2.88 bits per heavy atom. The molecule has 0 radical (unpaired) electrons. The van der Waals surface area contributed by atoms with E-state index >= 15 is 0 Å². The first kappa shape index (κ1) is 16.1. The predicted octanol–water partition coefficient (Wildman–Crippen LogP) is 2.41. The first-order chi connectivity index (χ1) is 12.2. The molecule has 2 aliphatic heterocycles. The Balaban J connectivity index is 1.37. The lowest BCUT2D eigenvalue weighted by Gasteiger charge is -2.22. The number of urea groups is 1. The fourth-order valence-electron chi connectivity index (χ4n) is 3.60. The maximum absolute atomic E-state index is 12.7. The van der Waals surface area contributed by atoms with Gasteiger partial charge < -0.3 is 19.5 Å². The molecule has 25 heavy (non-hydrogen) atoms. The smallest absolute Gasteiger partial charge is 0.317 e. The Hall–Kier alpha value is -2.41. The van der Waals surface area contributed by atoms with Crippen LogP contribution >= 0.6 is 0 Å². The minimum atomic E-state index is -0.363. The molecule has 1 aromatic carbocycles. The highest BCUT2D eigenvalue weighted by molar-refractivity contribution is 5.75. The van der Waals surface area contributed by atoms with Crippen molar-refractivity contribution in [2.24, 2.45) is 0 Å². The van der Waals surface area contributed by atoms with Gasteiger partial charge in [-0.25, -0.2) is 4.79 Å². The topological polar surface area (TPSA) is 80.5 Å². The maximum atomic E-state index is 12.7. The van der Waals surface area contributed by atoms with Gasteiger partial charge in [-0.3, -0.25) is 0 Å². The number of ether oxygens (including phenoxy) is 1. The summed E-state index contributed by atoms with van der Waals surface area (Å²) in [6.07, 6.45) is 1.37. The summed E-state index contributed by atoms with van der Waals surface area (Å²) in [7, 11) is 0. The van der Waals surface area contributed by atoms with Crippen LogP contribution < -0.4 is 5.32 Å². The van der Waals surface area contributed by atoms with Crippen LogP contribution in [0.1, 0.15) is 42.1 Å². The standard InChI is InChI=1S/C18H22N4O3/c1-12-19-17(25-21-12)16-15(8-10-24-16)20-18(23)22-9-7-14(11-22)13-5-3-2-4-6-13/h2-6,14-16H,7-11H2,1H3,(H,20,23)/t14?,15-,16+/m0/s1. The van der Waals surface area contributed by atoms with Gasteiger partial charge in [0, 0.05) is 25.6 Å². The van der Waals surface area contributed by atoms with Crippen molar-refractivity contribution in [3.05, 3.63) is 47.6 Å². The second kappa shape index (κ2) is 6.84. The van der Waals surface area contributed by atoms with Crippen molar-refractivity contribution >= 4 is 6.03 Å². The zero-order valence-electron chi connectivity index (χ0n) is 14.2. The lowest BCUT2D eigenvalue weighted by atomic mass is 9.99. The first-order valence-electron chi connectivity index (χ1n) is 8.73. The molecule has 1 N–H and O–H groups in total. The molecule has 2 amide bonds. The largest absolute Gasteiger partial charge is 0.366 e. The van der Waals surface area contributed by atoms with Crippen LogP contribution in [0.5, 0.6) is 0 Å². The third kappa shape index (κ3) is 3.37. The number of carbonyl (C=O) groups is 1. The van der Waals surface area contributed by atoms with Gasteiger partial charge in [0.05, 0.1) is 6.04 Å². The molecule has 2 saturated heterocycles. The fraction of sp³-hybridized carbons (Fsp3) is 0.500. The van der Waals surface area contributed by atoms with Crippen molar-refractivity contribution in [3.63, 3.8) is 0 Å². The highest BCUT2D eigenvalue weighted by Crippen LogP contribution is 2.30. The van der Waals surface area contributed by atoms with E-state index in [2.05, 4.69) is 27.6 Å². The van der Waals surface area contributed by atoms with Crippen LogP contribution in [-0.2, 0) is 4.74 Å². The normalized spacial score (nSPS) is 26.1. The number of benzene rings is 1. The van der Waals surface area contributed by atoms with Crippen molar-refractivity contribution in [2.75, 3.05) is 19.7 Å². The number of aromatic nitrogens is 2. The lowest BCUT2D eigenvalue weighted by molar-refractivity contribution is 0.0711. The molecule has 0 bridgehead atoms. The zero-order chi connectivity index (χ0) is 17.2. The van der Waals surface area contributed by atoms with Crippen molar-refractivity contribution in [2.45, 2.75) is 37.8 Å². The Morgan fingerprint density at radius 2 is 2.12 bits per heavy atom. The maximum Gasteiger partial charge on any atom is 0.317 e. The van der Waals surface area contributed by atoms with Crippen LogP contribution in [0.15, 0.2) is 34.9 Å². The van der Waals surface area contributed by atoms with E-state index in [1.807, 2.05) is 23.1 Å². The van der Waals surface area contributed by atoms with E-state index in [1.54, 1.807) is 6.92 Å². The van der Waals surface area contributed by atoms with Crippen molar-refractivity contribution in [1.82, 2.24) is 20.4 Å². The van der Waals surface area contributed by atoms with Gasteiger partial charge in [-0.2, -0.15) is 4.98 Å². The minimum absolute atomic E-state index is 0.0461. The van der Waals surface area contributed by atoms with Crippen molar-refractivity contribution in [1.29, 1.82) is 0 Å². The molecular weight excluding hydrogens is 320 g/mol. The van der Waals surface area contributed by atoms with Gasteiger partial charge in [0.2, 0.25) is 0 Å². The molecule has 2 fully saturated rings. The number of likely N-dealkylation sites (tertiary alicyclic amines) is 1. The molecule has 1 aromatic heterocycles. The lowest BCUT2D eigenvalue weighted by Crippen LogP contribution is -2.44. The van der Waals surface area contributed by atoms with Gasteiger partial charge in [-0.1, -0.05) is 35.5 Å². The Kier molecular flexibility index (Phi) is 4.40. The molecule has 7 heteroatoms. The van der Waals surface area contributed by atoms with Crippen molar-refractivity contribution < 1.29 is 14.1 Å². The SMILES string of the molecule is Cc1noc([C@@H]2OCC[C@@H]2NC(=O)N2CCC(c3ccccc3)C2)n1. The summed E-state index contributed by atoms with van der Waals surface area (Å²) in [6.45, 7) is 3.85. The van der Waals surface area contributed by atoms with Crippen LogP contribution in [0.2, 0.25) is 0 Å². The molecule has 4 rings (SSSR count). The Morgan fingerprint density at radius 1 is 1.28 bits per heavy atom. The highest BCUT2D eigenvalue weighted by atomic mass is 16.5. The summed E-state index contributed by atoms with van der Waals surface area (Å²) in [5.41, 5.74) is 1.29. The molecule has 3 atom stereocenters. The van der Waals surface area contributed by atoms with Gasteiger partial charge in [0.1, 0.15) is 0 Å². The number of rotatable bonds is 3. The molecule has 0 aliphatic carbocycles. The summed E-state index contributed by atoms with van der Waals surface area (Å²) in [4.78, 5) is 18.8. The minimum Gasteiger partial charge on any atom is -0.366 e. The third-order valence-corrected chi connectivity index (χ3v) is 4.93. The van der Waals surface area contributed by atoms with Gasteiger partial charge in [0.25, 0.3) is 5.89 Å². The molecule has 3 heterocycles. The zero-order valence-corrected chi connectivity index (χ0v) is 14.2. The van der Waals surface area contributed by atoms with Crippen LogP contribution in [0.25, 0.3) is 0 Å². The summed E-state index contributed by atoms with van der Waals surface area (Å²) in [5.74, 6) is 1.41.